The molecule has 1 heterocycles. The first-order chi connectivity index (χ1) is 5.70. The van der Waals surface area contributed by atoms with E-state index in [0.717, 1.165) is 0 Å². The van der Waals surface area contributed by atoms with E-state index in [9.17, 15) is 4.79 Å². The number of hydrogen-bond donors (Lipinski definition) is 2. The first-order valence-electron chi connectivity index (χ1n) is 3.48. The minimum Gasteiger partial charge on any atom is -0.347 e. The highest BCUT2D eigenvalue weighted by Crippen LogP contribution is 1.86. The molecule has 66 valence electrons. The van der Waals surface area contributed by atoms with Crippen LogP contribution in [0, 0.1) is 0 Å². The molecule has 1 atom stereocenters. The molecule has 0 unspecified atom stereocenters. The molecular formula is C6H10N4O2. The maximum absolute atomic E-state index is 10.9. The molecule has 0 aromatic carbocycles. The number of amides is 1. The highest BCUT2D eigenvalue weighted by Gasteiger charge is 2.07. The first-order valence-corrected chi connectivity index (χ1v) is 3.48. The van der Waals surface area contributed by atoms with Gasteiger partial charge in [0.05, 0.1) is 12.6 Å². The Morgan fingerprint density at radius 2 is 2.67 bits per heavy atom. The second kappa shape index (κ2) is 3.82. The monoisotopic (exact) mass is 170 g/mol. The van der Waals surface area contributed by atoms with Crippen molar-refractivity contribution in [3.8, 4) is 0 Å². The molecule has 6 heteroatoms. The van der Waals surface area contributed by atoms with Gasteiger partial charge in [-0.1, -0.05) is 5.16 Å². The van der Waals surface area contributed by atoms with Crippen LogP contribution in [-0.4, -0.2) is 22.1 Å². The minimum absolute atomic E-state index is 0.236. The molecule has 1 aromatic rings. The van der Waals surface area contributed by atoms with Crippen molar-refractivity contribution in [3.63, 3.8) is 0 Å². The smallest absolute Gasteiger partial charge is 0.237 e. The second-order valence-corrected chi connectivity index (χ2v) is 2.35. The van der Waals surface area contributed by atoms with Gasteiger partial charge in [-0.15, -0.1) is 0 Å². The van der Waals surface area contributed by atoms with Crippen molar-refractivity contribution in [2.75, 3.05) is 0 Å². The second-order valence-electron chi connectivity index (χ2n) is 2.35. The number of aromatic nitrogens is 2. The quantitative estimate of drug-likeness (QED) is 0.608. The van der Waals surface area contributed by atoms with E-state index in [4.69, 9.17) is 5.73 Å². The van der Waals surface area contributed by atoms with Gasteiger partial charge in [-0.3, -0.25) is 4.79 Å². The fourth-order valence-corrected chi connectivity index (χ4v) is 0.597. The SMILES string of the molecule is C[C@@H](N)C(=O)NCc1ncon1. The van der Waals surface area contributed by atoms with Gasteiger partial charge in [0.25, 0.3) is 0 Å². The van der Waals surface area contributed by atoms with E-state index in [-0.39, 0.29) is 12.5 Å². The van der Waals surface area contributed by atoms with Crippen LogP contribution in [0.3, 0.4) is 0 Å². The van der Waals surface area contributed by atoms with Crippen molar-refractivity contribution in [2.45, 2.75) is 19.5 Å². The molecule has 12 heavy (non-hydrogen) atoms. The molecule has 0 saturated carbocycles. The van der Waals surface area contributed by atoms with Crippen LogP contribution < -0.4 is 11.1 Å². The van der Waals surface area contributed by atoms with Crippen LogP contribution >= 0.6 is 0 Å². The van der Waals surface area contributed by atoms with Crippen LogP contribution in [0.15, 0.2) is 10.9 Å². The lowest BCUT2D eigenvalue weighted by Gasteiger charge is -2.03. The van der Waals surface area contributed by atoms with E-state index >= 15 is 0 Å². The van der Waals surface area contributed by atoms with Gasteiger partial charge in [-0.2, -0.15) is 4.98 Å². The topological polar surface area (TPSA) is 94.0 Å². The maximum atomic E-state index is 10.9. The van der Waals surface area contributed by atoms with E-state index in [1.165, 1.54) is 6.39 Å². The Hall–Kier alpha value is -1.43. The molecule has 6 nitrogen and oxygen atoms in total. The van der Waals surface area contributed by atoms with Crippen LogP contribution in [0.25, 0.3) is 0 Å². The van der Waals surface area contributed by atoms with Gasteiger partial charge in [-0.05, 0) is 6.92 Å². The van der Waals surface area contributed by atoms with Crippen molar-refractivity contribution in [1.82, 2.24) is 15.5 Å². The Bertz CT molecular complexity index is 244. The van der Waals surface area contributed by atoms with Gasteiger partial charge in [0.2, 0.25) is 12.3 Å². The van der Waals surface area contributed by atoms with Gasteiger partial charge in [0, 0.05) is 0 Å². The number of carbonyl (C=O) groups excluding carboxylic acids is 1. The summed E-state index contributed by atoms with van der Waals surface area (Å²) in [7, 11) is 0. The van der Waals surface area contributed by atoms with Gasteiger partial charge >= 0.3 is 0 Å². The summed E-state index contributed by atoms with van der Waals surface area (Å²) >= 11 is 0. The van der Waals surface area contributed by atoms with E-state index < -0.39 is 6.04 Å². The van der Waals surface area contributed by atoms with Crippen molar-refractivity contribution in [1.29, 1.82) is 0 Å². The van der Waals surface area contributed by atoms with Crippen molar-refractivity contribution < 1.29 is 9.32 Å². The Balaban J connectivity index is 2.32. The molecule has 1 amide bonds. The molecule has 1 rings (SSSR count). The summed E-state index contributed by atoms with van der Waals surface area (Å²) in [6, 6.07) is -0.517. The zero-order valence-electron chi connectivity index (χ0n) is 6.65. The van der Waals surface area contributed by atoms with Gasteiger partial charge < -0.3 is 15.6 Å². The third-order valence-corrected chi connectivity index (χ3v) is 1.24. The standard InChI is InChI=1S/C6H10N4O2/c1-4(7)6(11)8-2-5-9-3-12-10-5/h3-4H,2,7H2,1H3,(H,8,11)/t4-/m1/s1. The summed E-state index contributed by atoms with van der Waals surface area (Å²) in [5.41, 5.74) is 5.30. The Morgan fingerprint density at radius 1 is 1.92 bits per heavy atom. The number of nitrogens with one attached hydrogen (secondary N) is 1. The van der Waals surface area contributed by atoms with Crippen molar-refractivity contribution in [2.24, 2.45) is 5.73 Å². The summed E-state index contributed by atoms with van der Waals surface area (Å²) in [4.78, 5) is 14.6. The predicted molar refractivity (Wildman–Crippen MR) is 39.8 cm³/mol. The third kappa shape index (κ3) is 2.31. The molecule has 0 fully saturated rings. The molecule has 1 aromatic heterocycles. The molecule has 0 aliphatic carbocycles. The third-order valence-electron chi connectivity index (χ3n) is 1.24. The largest absolute Gasteiger partial charge is 0.347 e. The number of nitrogens with two attached hydrogens (primary N) is 1. The van der Waals surface area contributed by atoms with E-state index in [1.807, 2.05) is 0 Å². The normalized spacial score (nSPS) is 12.5. The lowest BCUT2D eigenvalue weighted by molar-refractivity contribution is -0.122. The van der Waals surface area contributed by atoms with Crippen LogP contribution in [0.4, 0.5) is 0 Å². The minimum atomic E-state index is -0.517. The fourth-order valence-electron chi connectivity index (χ4n) is 0.597. The maximum Gasteiger partial charge on any atom is 0.237 e. The van der Waals surface area contributed by atoms with Crippen molar-refractivity contribution in [3.05, 3.63) is 12.2 Å². The summed E-state index contributed by atoms with van der Waals surface area (Å²) in [6.45, 7) is 1.85. The molecular weight excluding hydrogens is 160 g/mol. The highest BCUT2D eigenvalue weighted by molar-refractivity contribution is 5.80. The fraction of sp³-hybridized carbons (Fsp3) is 0.500. The van der Waals surface area contributed by atoms with E-state index in [0.29, 0.717) is 5.82 Å². The van der Waals surface area contributed by atoms with Gasteiger partial charge in [0.1, 0.15) is 0 Å². The average Bonchev–Trinajstić information content (AvgIpc) is 2.51. The summed E-state index contributed by atoms with van der Waals surface area (Å²) < 4.78 is 4.46. The van der Waals surface area contributed by atoms with Gasteiger partial charge in [-0.25, -0.2) is 0 Å². The Kier molecular flexibility index (Phi) is 2.76. The van der Waals surface area contributed by atoms with Crippen LogP contribution in [0.2, 0.25) is 0 Å². The molecule has 3 N–H and O–H groups in total. The molecule has 0 bridgehead atoms. The average molecular weight is 170 g/mol. The molecule has 0 saturated heterocycles. The molecule has 0 aliphatic heterocycles. The van der Waals surface area contributed by atoms with Crippen molar-refractivity contribution >= 4 is 5.91 Å². The lowest BCUT2D eigenvalue weighted by atomic mass is 10.3. The Labute approximate surface area is 69.1 Å². The zero-order chi connectivity index (χ0) is 8.97. The molecule has 0 radical (unpaired) electrons. The first kappa shape index (κ1) is 8.66. The number of rotatable bonds is 3. The zero-order valence-corrected chi connectivity index (χ0v) is 6.65. The molecule has 0 aliphatic rings. The lowest BCUT2D eigenvalue weighted by Crippen LogP contribution is -2.37. The van der Waals surface area contributed by atoms with Crippen LogP contribution in [0.1, 0.15) is 12.7 Å². The number of carbonyl (C=O) groups is 1. The number of nitrogens with zero attached hydrogens (tertiary/aromatic N) is 2. The predicted octanol–water partition coefficient (Wildman–Crippen LogP) is -0.967. The Morgan fingerprint density at radius 3 is 3.17 bits per heavy atom. The summed E-state index contributed by atoms with van der Waals surface area (Å²) in [6.07, 6.45) is 1.20. The van der Waals surface area contributed by atoms with Gasteiger partial charge in [0.15, 0.2) is 5.82 Å². The van der Waals surface area contributed by atoms with E-state index in [2.05, 4.69) is 20.0 Å². The number of hydrogen-bond acceptors (Lipinski definition) is 5. The molecule has 0 spiro atoms. The highest BCUT2D eigenvalue weighted by atomic mass is 16.5. The summed E-state index contributed by atoms with van der Waals surface area (Å²) in [5.74, 6) is 0.198. The van der Waals surface area contributed by atoms with E-state index in [1.54, 1.807) is 6.92 Å². The summed E-state index contributed by atoms with van der Waals surface area (Å²) in [5, 5.41) is 6.04. The van der Waals surface area contributed by atoms with Crippen LogP contribution in [-0.2, 0) is 11.3 Å². The van der Waals surface area contributed by atoms with Crippen LogP contribution in [0.5, 0.6) is 0 Å².